The third kappa shape index (κ3) is 4.63. The van der Waals surface area contributed by atoms with Crippen LogP contribution in [0.4, 0.5) is 0 Å². The van der Waals surface area contributed by atoms with E-state index in [4.69, 9.17) is 4.74 Å². The van der Waals surface area contributed by atoms with Crippen molar-refractivity contribution in [1.82, 2.24) is 0 Å². The Morgan fingerprint density at radius 1 is 1.15 bits per heavy atom. The minimum absolute atomic E-state index is 0.174. The lowest BCUT2D eigenvalue weighted by atomic mass is 9.79. The second-order valence-corrected chi connectivity index (χ2v) is 3.82. The van der Waals surface area contributed by atoms with Crippen LogP contribution in [-0.2, 0) is 4.74 Å². The van der Waals surface area contributed by atoms with Crippen LogP contribution < -0.4 is 0 Å². The topological polar surface area (TPSA) is 29.5 Å². The van der Waals surface area contributed by atoms with Crippen molar-refractivity contribution in [3.8, 4) is 0 Å². The molecule has 0 amide bonds. The summed E-state index contributed by atoms with van der Waals surface area (Å²) in [6.45, 7) is 5.49. The molecule has 0 aromatic rings. The summed E-state index contributed by atoms with van der Waals surface area (Å²) in [5, 5.41) is 9.30. The molecule has 0 aliphatic rings. The van der Waals surface area contributed by atoms with Crippen LogP contribution in [0.3, 0.4) is 0 Å². The van der Waals surface area contributed by atoms with E-state index in [0.717, 1.165) is 38.7 Å². The van der Waals surface area contributed by atoms with E-state index in [2.05, 4.69) is 13.8 Å². The number of aliphatic hydroxyl groups is 1. The highest BCUT2D eigenvalue weighted by Gasteiger charge is 2.23. The molecule has 0 spiro atoms. The molecule has 0 unspecified atom stereocenters. The van der Waals surface area contributed by atoms with Crippen molar-refractivity contribution in [1.29, 1.82) is 0 Å². The first-order valence-corrected chi connectivity index (χ1v) is 5.34. The van der Waals surface area contributed by atoms with E-state index in [1.807, 2.05) is 0 Å². The van der Waals surface area contributed by atoms with E-state index in [0.29, 0.717) is 6.61 Å². The maximum absolute atomic E-state index is 9.30. The van der Waals surface area contributed by atoms with Crippen LogP contribution in [0.2, 0.25) is 0 Å². The second kappa shape index (κ2) is 7.34. The zero-order valence-corrected chi connectivity index (χ0v) is 9.31. The van der Waals surface area contributed by atoms with E-state index < -0.39 is 0 Å². The Morgan fingerprint density at radius 2 is 1.77 bits per heavy atom. The van der Waals surface area contributed by atoms with E-state index >= 15 is 0 Å². The summed E-state index contributed by atoms with van der Waals surface area (Å²) in [6.07, 6.45) is 5.55. The van der Waals surface area contributed by atoms with Crippen molar-refractivity contribution in [2.24, 2.45) is 5.41 Å². The van der Waals surface area contributed by atoms with Gasteiger partial charge in [-0.05, 0) is 31.1 Å². The normalized spacial score (nSPS) is 12.0. The molecule has 0 radical (unpaired) electrons. The molecule has 0 rings (SSSR count). The average Bonchev–Trinajstić information content (AvgIpc) is 2.20. The molecule has 0 aliphatic carbocycles. The van der Waals surface area contributed by atoms with Crippen LogP contribution in [-0.4, -0.2) is 25.4 Å². The minimum Gasteiger partial charge on any atom is -0.396 e. The van der Waals surface area contributed by atoms with Crippen molar-refractivity contribution in [2.45, 2.75) is 46.0 Å². The Labute approximate surface area is 82.3 Å². The maximum atomic E-state index is 9.30. The summed E-state index contributed by atoms with van der Waals surface area (Å²) >= 11 is 0. The van der Waals surface area contributed by atoms with Gasteiger partial charge in [-0.1, -0.05) is 20.3 Å². The first kappa shape index (κ1) is 12.9. The first-order chi connectivity index (χ1) is 6.24. The summed E-state index contributed by atoms with van der Waals surface area (Å²) in [5.74, 6) is 0. The van der Waals surface area contributed by atoms with Gasteiger partial charge in [-0.2, -0.15) is 0 Å². The fraction of sp³-hybridized carbons (Fsp3) is 1.00. The van der Waals surface area contributed by atoms with Gasteiger partial charge in [-0.3, -0.25) is 0 Å². The Hall–Kier alpha value is -0.0800. The molecular formula is C11H24O2. The lowest BCUT2D eigenvalue weighted by molar-refractivity contribution is 0.0980. The van der Waals surface area contributed by atoms with Gasteiger partial charge in [0.05, 0.1) is 0 Å². The van der Waals surface area contributed by atoms with Gasteiger partial charge in [0.15, 0.2) is 0 Å². The summed E-state index contributed by atoms with van der Waals surface area (Å²) in [4.78, 5) is 0. The molecule has 0 fully saturated rings. The number of aliphatic hydroxyl groups excluding tert-OH is 1. The Bertz CT molecular complexity index is 100. The van der Waals surface area contributed by atoms with Crippen LogP contribution >= 0.6 is 0 Å². The molecule has 1 N–H and O–H groups in total. The predicted molar refractivity (Wildman–Crippen MR) is 55.8 cm³/mol. The zero-order valence-electron chi connectivity index (χ0n) is 9.31. The SMILES string of the molecule is CCC(CC)(CO)CCCCOC. The smallest absolute Gasteiger partial charge is 0.0487 e. The molecule has 2 heteroatoms. The first-order valence-electron chi connectivity index (χ1n) is 5.34. The quantitative estimate of drug-likeness (QED) is 0.593. The zero-order chi connectivity index (χ0) is 10.2. The van der Waals surface area contributed by atoms with Crippen LogP contribution in [0.5, 0.6) is 0 Å². The highest BCUT2D eigenvalue weighted by molar-refractivity contribution is 4.75. The van der Waals surface area contributed by atoms with E-state index in [1.165, 1.54) is 0 Å². The van der Waals surface area contributed by atoms with E-state index in [-0.39, 0.29) is 5.41 Å². The van der Waals surface area contributed by atoms with Gasteiger partial charge in [-0.15, -0.1) is 0 Å². The number of hydrogen-bond donors (Lipinski definition) is 1. The Kier molecular flexibility index (Phi) is 7.29. The fourth-order valence-corrected chi connectivity index (χ4v) is 1.65. The number of ether oxygens (including phenoxy) is 1. The van der Waals surface area contributed by atoms with Crippen molar-refractivity contribution in [2.75, 3.05) is 20.3 Å². The highest BCUT2D eigenvalue weighted by Crippen LogP contribution is 2.31. The molecule has 2 nitrogen and oxygen atoms in total. The molecule has 0 saturated carbocycles. The van der Waals surface area contributed by atoms with Gasteiger partial charge >= 0.3 is 0 Å². The summed E-state index contributed by atoms with van der Waals surface area (Å²) in [6, 6.07) is 0. The predicted octanol–water partition coefficient (Wildman–Crippen LogP) is 2.60. The monoisotopic (exact) mass is 188 g/mol. The number of rotatable bonds is 8. The van der Waals surface area contributed by atoms with Gasteiger partial charge in [0.25, 0.3) is 0 Å². The van der Waals surface area contributed by atoms with Gasteiger partial charge in [0.1, 0.15) is 0 Å². The highest BCUT2D eigenvalue weighted by atomic mass is 16.5. The van der Waals surface area contributed by atoms with E-state index in [9.17, 15) is 5.11 Å². The van der Waals surface area contributed by atoms with Gasteiger partial charge < -0.3 is 9.84 Å². The fourth-order valence-electron chi connectivity index (χ4n) is 1.65. The third-order valence-electron chi connectivity index (χ3n) is 3.14. The van der Waals surface area contributed by atoms with Crippen molar-refractivity contribution in [3.05, 3.63) is 0 Å². The average molecular weight is 188 g/mol. The van der Waals surface area contributed by atoms with Crippen molar-refractivity contribution >= 4 is 0 Å². The molecule has 0 aliphatic heterocycles. The molecular weight excluding hydrogens is 164 g/mol. The third-order valence-corrected chi connectivity index (χ3v) is 3.14. The molecule has 0 saturated heterocycles. The molecule has 0 bridgehead atoms. The van der Waals surface area contributed by atoms with Gasteiger partial charge in [0, 0.05) is 20.3 Å². The van der Waals surface area contributed by atoms with Crippen LogP contribution in [0.25, 0.3) is 0 Å². The standard InChI is InChI=1S/C11H24O2/c1-4-11(5-2,10-12)8-6-7-9-13-3/h12H,4-10H2,1-3H3. The lowest BCUT2D eigenvalue weighted by Gasteiger charge is -2.29. The minimum atomic E-state index is 0.174. The molecule has 13 heavy (non-hydrogen) atoms. The summed E-state index contributed by atoms with van der Waals surface area (Å²) in [7, 11) is 1.74. The van der Waals surface area contributed by atoms with Crippen LogP contribution in [0.1, 0.15) is 46.0 Å². The summed E-state index contributed by atoms with van der Waals surface area (Å²) in [5.41, 5.74) is 0.174. The Morgan fingerprint density at radius 3 is 2.15 bits per heavy atom. The largest absolute Gasteiger partial charge is 0.396 e. The van der Waals surface area contributed by atoms with E-state index in [1.54, 1.807) is 7.11 Å². The number of unbranched alkanes of at least 4 members (excludes halogenated alkanes) is 1. The molecule has 0 aromatic heterocycles. The van der Waals surface area contributed by atoms with Crippen LogP contribution in [0, 0.1) is 5.41 Å². The molecule has 0 atom stereocenters. The second-order valence-electron chi connectivity index (χ2n) is 3.82. The summed E-state index contributed by atoms with van der Waals surface area (Å²) < 4.78 is 4.99. The van der Waals surface area contributed by atoms with Crippen LogP contribution in [0.15, 0.2) is 0 Å². The number of methoxy groups -OCH3 is 1. The van der Waals surface area contributed by atoms with Gasteiger partial charge in [0.2, 0.25) is 0 Å². The Balaban J connectivity index is 3.68. The maximum Gasteiger partial charge on any atom is 0.0487 e. The molecule has 0 aromatic carbocycles. The van der Waals surface area contributed by atoms with Crippen molar-refractivity contribution in [3.63, 3.8) is 0 Å². The van der Waals surface area contributed by atoms with Gasteiger partial charge in [-0.25, -0.2) is 0 Å². The lowest BCUT2D eigenvalue weighted by Crippen LogP contribution is -2.23. The number of hydrogen-bond acceptors (Lipinski definition) is 2. The van der Waals surface area contributed by atoms with Crippen molar-refractivity contribution < 1.29 is 9.84 Å². The molecule has 80 valence electrons. The molecule has 0 heterocycles.